The van der Waals surface area contributed by atoms with Crippen LogP contribution in [0.2, 0.25) is 0 Å². The van der Waals surface area contributed by atoms with Crippen molar-refractivity contribution >= 4 is 41.8 Å². The van der Waals surface area contributed by atoms with Gasteiger partial charge in [-0.15, -0.1) is 0 Å². The molecule has 0 spiro atoms. The predicted octanol–water partition coefficient (Wildman–Crippen LogP) is 6.45. The van der Waals surface area contributed by atoms with E-state index in [2.05, 4.69) is 13.2 Å². The Morgan fingerprint density at radius 2 is 0.722 bits per heavy atom. The van der Waals surface area contributed by atoms with Gasteiger partial charge in [-0.3, -0.25) is 24.0 Å². The molecule has 0 aromatic carbocycles. The molecule has 0 aliphatic heterocycles. The second-order valence-corrected chi connectivity index (χ2v) is 14.4. The maximum Gasteiger partial charge on any atom is 0.330 e. The summed E-state index contributed by atoms with van der Waals surface area (Å²) in [5, 5.41) is 0. The van der Waals surface area contributed by atoms with Crippen molar-refractivity contribution in [3.05, 3.63) is 25.3 Å². The molecule has 14 heteroatoms. The molecule has 0 unspecified atom stereocenters. The first-order valence-electron chi connectivity index (χ1n) is 19.0. The fourth-order valence-corrected chi connectivity index (χ4v) is 4.41. The molecule has 0 aromatic rings. The molecule has 0 atom stereocenters. The van der Waals surface area contributed by atoms with Crippen LogP contribution in [-0.4, -0.2) is 88.0 Å². The van der Waals surface area contributed by atoms with Crippen molar-refractivity contribution in [2.75, 3.05) is 46.2 Å². The van der Waals surface area contributed by atoms with Crippen LogP contribution in [0, 0.1) is 10.8 Å². The monoisotopic (exact) mass is 768 g/mol. The van der Waals surface area contributed by atoms with Gasteiger partial charge in [0.15, 0.2) is 0 Å². The minimum Gasteiger partial charge on any atom is -0.466 e. The maximum absolute atomic E-state index is 12.8. The molecule has 0 saturated heterocycles. The normalized spacial score (nSPS) is 11.1. The third kappa shape index (κ3) is 29.2. The van der Waals surface area contributed by atoms with Gasteiger partial charge < -0.3 is 33.2 Å². The van der Waals surface area contributed by atoms with E-state index in [-0.39, 0.29) is 63.8 Å². The summed E-state index contributed by atoms with van der Waals surface area (Å²) in [6, 6.07) is 0. The quantitative estimate of drug-likeness (QED) is 0.0307. The first-order chi connectivity index (χ1) is 25.6. The van der Waals surface area contributed by atoms with Gasteiger partial charge >= 0.3 is 41.8 Å². The molecule has 54 heavy (non-hydrogen) atoms. The highest BCUT2D eigenvalue weighted by Gasteiger charge is 2.33. The summed E-state index contributed by atoms with van der Waals surface area (Å²) in [6.07, 6.45) is 11.0. The van der Waals surface area contributed by atoms with Gasteiger partial charge in [0.25, 0.3) is 0 Å². The zero-order chi connectivity index (χ0) is 40.7. The Morgan fingerprint density at radius 3 is 1.09 bits per heavy atom. The molecule has 0 N–H and O–H groups in total. The first-order valence-corrected chi connectivity index (χ1v) is 19.0. The highest BCUT2D eigenvalue weighted by Crippen LogP contribution is 2.23. The lowest BCUT2D eigenvalue weighted by molar-refractivity contribution is -0.165. The lowest BCUT2D eigenvalue weighted by Gasteiger charge is -2.27. The maximum atomic E-state index is 12.8. The molecule has 0 aliphatic rings. The largest absolute Gasteiger partial charge is 0.466 e. The zero-order valence-electron chi connectivity index (χ0n) is 33.0. The highest BCUT2D eigenvalue weighted by atomic mass is 16.6. The van der Waals surface area contributed by atoms with E-state index in [1.54, 1.807) is 13.8 Å². The van der Waals surface area contributed by atoms with Gasteiger partial charge in [-0.1, -0.05) is 27.0 Å². The van der Waals surface area contributed by atoms with Crippen LogP contribution >= 0.6 is 0 Å². The summed E-state index contributed by atoms with van der Waals surface area (Å²) in [4.78, 5) is 82.8. The molecular weight excluding hydrogens is 704 g/mol. The van der Waals surface area contributed by atoms with E-state index in [9.17, 15) is 33.6 Å². The fraction of sp³-hybridized carbons (Fsp3) is 0.725. The average molecular weight is 769 g/mol. The number of rotatable bonds is 33. The summed E-state index contributed by atoms with van der Waals surface area (Å²) in [5.74, 6) is -2.84. The van der Waals surface area contributed by atoms with Crippen molar-refractivity contribution in [3.8, 4) is 0 Å². The Hall–Kier alpha value is -4.23. The lowest BCUT2D eigenvalue weighted by atomic mass is 9.93. The SMILES string of the molecule is C=CC(=O)OCCCCCC(=O)OCCCCCC(=O)OCC(C)(C)COC(=O)C(C)(C)COC(=O)CCCCCOC(=O)CCCCCOC(=O)C=C. The van der Waals surface area contributed by atoms with Crippen LogP contribution < -0.4 is 0 Å². The van der Waals surface area contributed by atoms with Crippen molar-refractivity contribution in [3.63, 3.8) is 0 Å². The van der Waals surface area contributed by atoms with Crippen molar-refractivity contribution in [1.29, 1.82) is 0 Å². The zero-order valence-corrected chi connectivity index (χ0v) is 33.0. The van der Waals surface area contributed by atoms with Gasteiger partial charge in [-0.05, 0) is 90.9 Å². The van der Waals surface area contributed by atoms with E-state index in [1.807, 2.05) is 13.8 Å². The summed E-state index contributed by atoms with van der Waals surface area (Å²) in [7, 11) is 0. The number of carbonyl (C=O) groups is 7. The smallest absolute Gasteiger partial charge is 0.330 e. The van der Waals surface area contributed by atoms with Gasteiger partial charge in [0.05, 0.1) is 45.1 Å². The summed E-state index contributed by atoms with van der Waals surface area (Å²) >= 11 is 0. The second kappa shape index (κ2) is 30.1. The molecule has 0 fully saturated rings. The van der Waals surface area contributed by atoms with Crippen molar-refractivity contribution in [2.45, 2.75) is 130 Å². The standard InChI is InChI=1S/C40H64O14/c1-7-32(41)48-25-17-9-13-21-34(43)50-27-19-11-15-23-36(45)52-29-39(3,4)30-54-38(47)40(5,6)31-53-37(46)24-16-12-20-28-51-35(44)22-14-10-18-26-49-33(42)8-2/h7-8H,1-2,9-31H2,3-6H3. The Kier molecular flexibility index (Phi) is 27.8. The number of unbranched alkanes of at least 4 members (excludes halogenated alkanes) is 8. The summed E-state index contributed by atoms with van der Waals surface area (Å²) in [6.45, 7) is 14.5. The summed E-state index contributed by atoms with van der Waals surface area (Å²) in [5.41, 5.74) is -1.72. The second-order valence-electron chi connectivity index (χ2n) is 14.4. The number of ether oxygens (including phenoxy) is 7. The number of esters is 7. The van der Waals surface area contributed by atoms with E-state index in [1.165, 1.54) is 0 Å². The predicted molar refractivity (Wildman–Crippen MR) is 199 cm³/mol. The van der Waals surface area contributed by atoms with E-state index in [0.717, 1.165) is 25.0 Å². The molecule has 0 heterocycles. The van der Waals surface area contributed by atoms with Gasteiger partial charge in [0.2, 0.25) is 0 Å². The van der Waals surface area contributed by atoms with Gasteiger partial charge in [-0.25, -0.2) is 9.59 Å². The molecule has 0 rings (SSSR count). The van der Waals surface area contributed by atoms with Crippen LogP contribution in [0.5, 0.6) is 0 Å². The van der Waals surface area contributed by atoms with Crippen LogP contribution in [0.1, 0.15) is 130 Å². The highest BCUT2D eigenvalue weighted by molar-refractivity contribution is 5.81. The van der Waals surface area contributed by atoms with Gasteiger partial charge in [0.1, 0.15) is 6.61 Å². The van der Waals surface area contributed by atoms with Crippen molar-refractivity contribution in [1.82, 2.24) is 0 Å². The average Bonchev–Trinajstić information content (AvgIpc) is 3.14. The third-order valence-corrected chi connectivity index (χ3v) is 7.81. The van der Waals surface area contributed by atoms with Crippen LogP contribution in [0.25, 0.3) is 0 Å². The molecule has 0 bridgehead atoms. The number of carbonyl (C=O) groups excluding carboxylic acids is 7. The van der Waals surface area contributed by atoms with Crippen molar-refractivity contribution < 1.29 is 66.7 Å². The van der Waals surface area contributed by atoms with E-state index >= 15 is 0 Å². The first kappa shape index (κ1) is 49.8. The molecule has 0 saturated carbocycles. The van der Waals surface area contributed by atoms with E-state index in [4.69, 9.17) is 33.2 Å². The third-order valence-electron chi connectivity index (χ3n) is 7.81. The molecule has 0 aromatic heterocycles. The van der Waals surface area contributed by atoms with E-state index in [0.29, 0.717) is 90.3 Å². The molecule has 0 aliphatic carbocycles. The van der Waals surface area contributed by atoms with Crippen LogP contribution in [0.4, 0.5) is 0 Å². The van der Waals surface area contributed by atoms with Crippen LogP contribution in [0.15, 0.2) is 25.3 Å². The minimum atomic E-state index is -1.08. The summed E-state index contributed by atoms with van der Waals surface area (Å²) < 4.78 is 36.4. The van der Waals surface area contributed by atoms with E-state index < -0.39 is 34.7 Å². The van der Waals surface area contributed by atoms with Gasteiger partial charge in [-0.2, -0.15) is 0 Å². The number of hydrogen-bond donors (Lipinski definition) is 0. The number of hydrogen-bond acceptors (Lipinski definition) is 14. The Balaban J connectivity index is 3.97. The van der Waals surface area contributed by atoms with Crippen molar-refractivity contribution in [2.24, 2.45) is 10.8 Å². The molecule has 0 amide bonds. The Labute approximate surface area is 321 Å². The minimum absolute atomic E-state index is 0.00240. The lowest BCUT2D eigenvalue weighted by Crippen LogP contribution is -2.36. The molecular formula is C40H64O14. The Morgan fingerprint density at radius 1 is 0.407 bits per heavy atom. The topological polar surface area (TPSA) is 184 Å². The fourth-order valence-electron chi connectivity index (χ4n) is 4.41. The Bertz CT molecular complexity index is 1170. The molecule has 0 radical (unpaired) electrons. The van der Waals surface area contributed by atoms with Crippen LogP contribution in [0.3, 0.4) is 0 Å². The molecule has 308 valence electrons. The molecule has 14 nitrogen and oxygen atoms in total. The van der Waals surface area contributed by atoms with Gasteiger partial charge in [0, 0.05) is 43.3 Å². The van der Waals surface area contributed by atoms with Crippen LogP contribution in [-0.2, 0) is 66.7 Å².